The highest BCUT2D eigenvalue weighted by Gasteiger charge is 2.24. The summed E-state index contributed by atoms with van der Waals surface area (Å²) in [5.74, 6) is 1.31. The van der Waals surface area contributed by atoms with Crippen LogP contribution >= 0.6 is 0 Å². The van der Waals surface area contributed by atoms with Crippen LogP contribution in [0, 0.1) is 0 Å². The molecule has 3 heterocycles. The number of morpholine rings is 1. The Labute approximate surface area is 133 Å². The summed E-state index contributed by atoms with van der Waals surface area (Å²) in [6, 6.07) is 5.19. The van der Waals surface area contributed by atoms with E-state index in [2.05, 4.69) is 18.7 Å². The van der Waals surface area contributed by atoms with Crippen molar-refractivity contribution in [2.75, 3.05) is 19.9 Å². The van der Waals surface area contributed by atoms with Crippen molar-refractivity contribution in [2.45, 2.75) is 32.6 Å². The molecule has 1 aromatic carbocycles. The zero-order chi connectivity index (χ0) is 16.0. The summed E-state index contributed by atoms with van der Waals surface area (Å²) in [4.78, 5) is 14.2. The Balaban J connectivity index is 1.72. The first kappa shape index (κ1) is 14.5. The molecule has 2 atom stereocenters. The Hall–Kier alpha value is -2.05. The summed E-state index contributed by atoms with van der Waals surface area (Å²) < 4.78 is 21.9. The fraction of sp³-hybridized carbons (Fsp3) is 0.471. The highest BCUT2D eigenvalue weighted by Crippen LogP contribution is 2.37. The van der Waals surface area contributed by atoms with Crippen molar-refractivity contribution in [1.82, 2.24) is 4.90 Å². The van der Waals surface area contributed by atoms with Crippen LogP contribution in [0.1, 0.15) is 19.4 Å². The minimum atomic E-state index is -0.347. The Morgan fingerprint density at radius 3 is 2.52 bits per heavy atom. The van der Waals surface area contributed by atoms with Gasteiger partial charge in [-0.05, 0) is 25.5 Å². The van der Waals surface area contributed by atoms with Crippen LogP contribution in [0.4, 0.5) is 0 Å². The molecule has 0 aliphatic carbocycles. The van der Waals surface area contributed by atoms with Crippen LogP contribution in [0.3, 0.4) is 0 Å². The molecule has 0 spiro atoms. The van der Waals surface area contributed by atoms with Gasteiger partial charge in [-0.2, -0.15) is 0 Å². The quantitative estimate of drug-likeness (QED) is 0.791. The fourth-order valence-electron chi connectivity index (χ4n) is 3.40. The van der Waals surface area contributed by atoms with E-state index in [4.69, 9.17) is 18.6 Å². The van der Waals surface area contributed by atoms with E-state index in [9.17, 15) is 4.79 Å². The Morgan fingerprint density at radius 2 is 1.78 bits per heavy atom. The van der Waals surface area contributed by atoms with Gasteiger partial charge in [0, 0.05) is 37.2 Å². The number of benzene rings is 1. The minimum absolute atomic E-state index is 0.186. The molecular weight excluding hydrogens is 298 g/mol. The van der Waals surface area contributed by atoms with Crippen LogP contribution in [-0.4, -0.2) is 37.0 Å². The normalized spacial score (nSPS) is 24.3. The summed E-state index contributed by atoms with van der Waals surface area (Å²) in [7, 11) is 0. The van der Waals surface area contributed by atoms with Crippen LogP contribution in [0.5, 0.6) is 11.5 Å². The number of hydrogen-bond acceptors (Lipinski definition) is 6. The topological polar surface area (TPSA) is 61.1 Å². The fourth-order valence-corrected chi connectivity index (χ4v) is 3.40. The molecule has 0 amide bonds. The molecule has 0 bridgehead atoms. The van der Waals surface area contributed by atoms with Gasteiger partial charge in [0.05, 0.1) is 12.2 Å². The lowest BCUT2D eigenvalue weighted by molar-refractivity contribution is -0.0704. The number of hydrogen-bond donors (Lipinski definition) is 0. The van der Waals surface area contributed by atoms with Crippen LogP contribution in [0.2, 0.25) is 0 Å². The van der Waals surface area contributed by atoms with E-state index < -0.39 is 0 Å². The van der Waals surface area contributed by atoms with Gasteiger partial charge < -0.3 is 18.6 Å². The molecular formula is C17H19NO5. The summed E-state index contributed by atoms with van der Waals surface area (Å²) in [6.07, 6.45) is 0.372. The summed E-state index contributed by atoms with van der Waals surface area (Å²) in [5, 5.41) is 0.889. The number of ether oxygens (including phenoxy) is 3. The van der Waals surface area contributed by atoms with E-state index in [0.29, 0.717) is 23.6 Å². The third-order valence-corrected chi connectivity index (χ3v) is 4.21. The predicted molar refractivity (Wildman–Crippen MR) is 83.9 cm³/mol. The second-order valence-corrected chi connectivity index (χ2v) is 6.24. The van der Waals surface area contributed by atoms with E-state index in [-0.39, 0.29) is 24.6 Å². The SMILES string of the molecule is C[C@@H]1CN(Cc2cc(=O)oc3cc4c(cc23)OCO4)C[C@@H](C)O1. The molecule has 2 aromatic rings. The minimum Gasteiger partial charge on any atom is -0.454 e. The third-order valence-electron chi connectivity index (χ3n) is 4.21. The summed E-state index contributed by atoms with van der Waals surface area (Å²) in [5.41, 5.74) is 1.13. The van der Waals surface area contributed by atoms with Gasteiger partial charge in [-0.25, -0.2) is 4.79 Å². The maximum absolute atomic E-state index is 11.9. The Bertz CT molecular complexity index is 789. The molecule has 6 nitrogen and oxygen atoms in total. The van der Waals surface area contributed by atoms with E-state index >= 15 is 0 Å². The van der Waals surface area contributed by atoms with E-state index in [1.807, 2.05) is 6.07 Å². The van der Waals surface area contributed by atoms with Gasteiger partial charge in [0.15, 0.2) is 11.5 Å². The molecule has 0 saturated carbocycles. The van der Waals surface area contributed by atoms with Gasteiger partial charge in [0.25, 0.3) is 0 Å². The maximum atomic E-state index is 11.9. The van der Waals surface area contributed by atoms with Crippen LogP contribution in [-0.2, 0) is 11.3 Å². The highest BCUT2D eigenvalue weighted by molar-refractivity contribution is 5.84. The Morgan fingerprint density at radius 1 is 1.09 bits per heavy atom. The van der Waals surface area contributed by atoms with E-state index in [1.165, 1.54) is 0 Å². The molecule has 23 heavy (non-hydrogen) atoms. The molecule has 6 heteroatoms. The zero-order valence-electron chi connectivity index (χ0n) is 13.2. The van der Waals surface area contributed by atoms with Crippen molar-refractivity contribution in [3.8, 4) is 11.5 Å². The standard InChI is InChI=1S/C17H19NO5/c1-10-6-18(7-11(2)22-10)8-12-3-17(19)23-14-5-16-15(4-13(12)14)20-9-21-16/h3-5,10-11H,6-9H2,1-2H3/t10-,11-/m1/s1. The summed E-state index contributed by atoms with van der Waals surface area (Å²) >= 11 is 0. The van der Waals surface area contributed by atoms with Crippen molar-refractivity contribution in [1.29, 1.82) is 0 Å². The number of nitrogens with zero attached hydrogens (tertiary/aromatic N) is 1. The highest BCUT2D eigenvalue weighted by atomic mass is 16.7. The molecule has 122 valence electrons. The molecule has 1 saturated heterocycles. The average Bonchev–Trinajstić information content (AvgIpc) is 2.91. The number of fused-ring (bicyclic) bond motifs is 2. The molecule has 4 rings (SSSR count). The lowest BCUT2D eigenvalue weighted by Gasteiger charge is -2.35. The molecule has 1 aromatic heterocycles. The smallest absolute Gasteiger partial charge is 0.336 e. The van der Waals surface area contributed by atoms with Gasteiger partial charge in [-0.3, -0.25) is 4.90 Å². The summed E-state index contributed by atoms with van der Waals surface area (Å²) in [6.45, 7) is 6.70. The maximum Gasteiger partial charge on any atom is 0.336 e. The van der Waals surface area contributed by atoms with Crippen molar-refractivity contribution < 1.29 is 18.6 Å². The van der Waals surface area contributed by atoms with Crippen molar-refractivity contribution in [3.63, 3.8) is 0 Å². The van der Waals surface area contributed by atoms with Gasteiger partial charge in [0.2, 0.25) is 6.79 Å². The van der Waals surface area contributed by atoms with E-state index in [1.54, 1.807) is 12.1 Å². The Kier molecular flexibility index (Phi) is 3.50. The predicted octanol–water partition coefficient (Wildman–Crippen LogP) is 2.13. The van der Waals surface area contributed by atoms with E-state index in [0.717, 1.165) is 24.0 Å². The van der Waals surface area contributed by atoms with Gasteiger partial charge >= 0.3 is 5.63 Å². The molecule has 2 aliphatic heterocycles. The second kappa shape index (κ2) is 5.54. The largest absolute Gasteiger partial charge is 0.454 e. The molecule has 1 fully saturated rings. The lowest BCUT2D eigenvalue weighted by atomic mass is 10.1. The monoisotopic (exact) mass is 317 g/mol. The van der Waals surface area contributed by atoms with Gasteiger partial charge in [-0.1, -0.05) is 0 Å². The average molecular weight is 317 g/mol. The first-order valence-electron chi connectivity index (χ1n) is 7.82. The zero-order valence-corrected chi connectivity index (χ0v) is 13.2. The first-order valence-corrected chi connectivity index (χ1v) is 7.82. The van der Waals surface area contributed by atoms with Crippen LogP contribution in [0.15, 0.2) is 27.4 Å². The van der Waals surface area contributed by atoms with Crippen molar-refractivity contribution in [2.24, 2.45) is 0 Å². The van der Waals surface area contributed by atoms with Gasteiger partial charge in [-0.15, -0.1) is 0 Å². The van der Waals surface area contributed by atoms with Gasteiger partial charge in [0.1, 0.15) is 5.58 Å². The number of rotatable bonds is 2. The first-order chi connectivity index (χ1) is 11.1. The third kappa shape index (κ3) is 2.80. The molecule has 0 radical (unpaired) electrons. The van der Waals surface area contributed by atoms with Crippen molar-refractivity contribution >= 4 is 11.0 Å². The lowest BCUT2D eigenvalue weighted by Crippen LogP contribution is -2.44. The molecule has 0 unspecified atom stereocenters. The molecule has 0 N–H and O–H groups in total. The van der Waals surface area contributed by atoms with Crippen molar-refractivity contribution in [3.05, 3.63) is 34.2 Å². The second-order valence-electron chi connectivity index (χ2n) is 6.24. The van der Waals surface area contributed by atoms with Crippen LogP contribution in [0.25, 0.3) is 11.0 Å². The molecule has 2 aliphatic rings. The van der Waals surface area contributed by atoms with Crippen LogP contribution < -0.4 is 15.1 Å².